The van der Waals surface area contributed by atoms with Crippen molar-refractivity contribution in [3.8, 4) is 5.75 Å². The van der Waals surface area contributed by atoms with E-state index in [-0.39, 0.29) is 12.1 Å². The van der Waals surface area contributed by atoms with Gasteiger partial charge in [0.25, 0.3) is 0 Å². The molecule has 1 saturated carbocycles. The van der Waals surface area contributed by atoms with Crippen molar-refractivity contribution in [1.82, 2.24) is 10.2 Å². The molecule has 1 spiro atoms. The van der Waals surface area contributed by atoms with Crippen LogP contribution in [0.1, 0.15) is 57.6 Å². The molecule has 172 valence electrons. The minimum Gasteiger partial charge on any atom is -0.489 e. The average Bonchev–Trinajstić information content (AvgIpc) is 2.72. The number of likely N-dealkylation sites (tertiary alicyclic amines) is 1. The lowest BCUT2D eigenvalue weighted by Gasteiger charge is -2.52. The highest BCUT2D eigenvalue weighted by Gasteiger charge is 2.46. The maximum absolute atomic E-state index is 12.0. The minimum absolute atomic E-state index is 0.259. The quantitative estimate of drug-likeness (QED) is 0.646. The molecule has 5 nitrogen and oxygen atoms in total. The number of hydrogen-bond acceptors (Lipinski definition) is 4. The van der Waals surface area contributed by atoms with Gasteiger partial charge in [-0.25, -0.2) is 4.79 Å². The van der Waals surface area contributed by atoms with E-state index in [0.717, 1.165) is 38.2 Å². The number of benzene rings is 2. The molecule has 0 unspecified atom stereocenters. The third-order valence-corrected chi connectivity index (χ3v) is 6.55. The number of carbonyl (C=O) groups excluding carboxylic acids is 1. The molecule has 2 aromatic rings. The van der Waals surface area contributed by atoms with Crippen molar-refractivity contribution in [3.63, 3.8) is 0 Å². The zero-order valence-electron chi connectivity index (χ0n) is 19.6. The minimum atomic E-state index is -0.444. The topological polar surface area (TPSA) is 50.8 Å². The van der Waals surface area contributed by atoms with Crippen molar-refractivity contribution < 1.29 is 14.3 Å². The Balaban J connectivity index is 1.20. The van der Waals surface area contributed by atoms with Crippen LogP contribution >= 0.6 is 0 Å². The fraction of sp³-hybridized carbons (Fsp3) is 0.519. The number of nitrogens with zero attached hydrogens (tertiary/aromatic N) is 1. The molecule has 4 rings (SSSR count). The number of rotatable bonds is 6. The fourth-order valence-corrected chi connectivity index (χ4v) is 4.89. The number of carbonyl (C=O) groups is 1. The largest absolute Gasteiger partial charge is 0.489 e. The second-order valence-corrected chi connectivity index (χ2v) is 10.4. The molecule has 1 saturated heterocycles. The van der Waals surface area contributed by atoms with Crippen LogP contribution in [0.25, 0.3) is 0 Å². The first-order valence-electron chi connectivity index (χ1n) is 11.8. The lowest BCUT2D eigenvalue weighted by atomic mass is 9.60. The fourth-order valence-electron chi connectivity index (χ4n) is 4.89. The van der Waals surface area contributed by atoms with Gasteiger partial charge >= 0.3 is 6.09 Å². The average molecular weight is 437 g/mol. The smallest absolute Gasteiger partial charge is 0.407 e. The lowest BCUT2D eigenvalue weighted by molar-refractivity contribution is -0.00419. The second-order valence-electron chi connectivity index (χ2n) is 10.4. The summed E-state index contributed by atoms with van der Waals surface area (Å²) < 4.78 is 11.4. The van der Waals surface area contributed by atoms with Gasteiger partial charge in [-0.2, -0.15) is 0 Å². The summed E-state index contributed by atoms with van der Waals surface area (Å²) in [5.41, 5.74) is 2.43. The van der Waals surface area contributed by atoms with Gasteiger partial charge in [-0.1, -0.05) is 42.5 Å². The van der Waals surface area contributed by atoms with Crippen LogP contribution in [0, 0.1) is 5.41 Å². The van der Waals surface area contributed by atoms with Crippen molar-refractivity contribution in [3.05, 3.63) is 65.7 Å². The standard InChI is InChI=1S/C27H36N2O3/c1-26(2,3)32-25(30)28-23-17-27(18-23)12-14-29(15-13-27)19-22-10-7-11-24(16-22)31-20-21-8-5-4-6-9-21/h4-11,16,23H,12-15,17-20H2,1-3H3,(H,28,30). The van der Waals surface area contributed by atoms with Gasteiger partial charge in [-0.3, -0.25) is 4.90 Å². The Morgan fingerprint density at radius 3 is 2.41 bits per heavy atom. The zero-order valence-corrected chi connectivity index (χ0v) is 19.6. The lowest BCUT2D eigenvalue weighted by Crippen LogP contribution is -2.55. The van der Waals surface area contributed by atoms with Gasteiger partial charge in [0.05, 0.1) is 0 Å². The van der Waals surface area contributed by atoms with Gasteiger partial charge in [-0.05, 0) is 88.2 Å². The van der Waals surface area contributed by atoms with Crippen LogP contribution in [-0.4, -0.2) is 35.7 Å². The molecule has 1 heterocycles. The molecule has 2 aliphatic rings. The monoisotopic (exact) mass is 436 g/mol. The summed E-state index contributed by atoms with van der Waals surface area (Å²) in [4.78, 5) is 14.5. The molecular formula is C27H36N2O3. The van der Waals surface area contributed by atoms with Crippen LogP contribution in [0.3, 0.4) is 0 Å². The Kier molecular flexibility index (Phi) is 6.75. The van der Waals surface area contributed by atoms with Crippen LogP contribution in [-0.2, 0) is 17.9 Å². The first-order valence-corrected chi connectivity index (χ1v) is 11.8. The highest BCUT2D eigenvalue weighted by Crippen LogP contribution is 2.49. The third kappa shape index (κ3) is 6.26. The Morgan fingerprint density at radius 2 is 1.72 bits per heavy atom. The predicted octanol–water partition coefficient (Wildman–Crippen LogP) is 5.53. The number of ether oxygens (including phenoxy) is 2. The van der Waals surface area contributed by atoms with Crippen molar-refractivity contribution in [2.24, 2.45) is 5.41 Å². The van der Waals surface area contributed by atoms with E-state index >= 15 is 0 Å². The number of amides is 1. The van der Waals surface area contributed by atoms with Crippen molar-refractivity contribution in [2.45, 2.75) is 71.2 Å². The molecule has 1 N–H and O–H groups in total. The van der Waals surface area contributed by atoms with E-state index in [2.05, 4.69) is 40.5 Å². The van der Waals surface area contributed by atoms with Crippen LogP contribution in [0.4, 0.5) is 4.79 Å². The van der Waals surface area contributed by atoms with Crippen LogP contribution < -0.4 is 10.1 Å². The maximum Gasteiger partial charge on any atom is 0.407 e. The summed E-state index contributed by atoms with van der Waals surface area (Å²) in [6.45, 7) is 9.46. The summed E-state index contributed by atoms with van der Waals surface area (Å²) in [5, 5.41) is 3.04. The van der Waals surface area contributed by atoms with Crippen LogP contribution in [0.5, 0.6) is 5.75 Å². The molecule has 0 radical (unpaired) electrons. The Morgan fingerprint density at radius 1 is 1.03 bits per heavy atom. The van der Waals surface area contributed by atoms with E-state index in [1.807, 2.05) is 45.0 Å². The van der Waals surface area contributed by atoms with E-state index < -0.39 is 5.60 Å². The molecule has 1 aliphatic heterocycles. The summed E-state index contributed by atoms with van der Waals surface area (Å²) >= 11 is 0. The molecule has 1 aliphatic carbocycles. The van der Waals surface area contributed by atoms with E-state index in [4.69, 9.17) is 9.47 Å². The van der Waals surface area contributed by atoms with Gasteiger partial charge in [0, 0.05) is 12.6 Å². The normalized spacial score (nSPS) is 18.7. The van der Waals surface area contributed by atoms with Crippen LogP contribution in [0.15, 0.2) is 54.6 Å². The van der Waals surface area contributed by atoms with Gasteiger partial charge in [0.2, 0.25) is 0 Å². The SMILES string of the molecule is CC(C)(C)OC(=O)NC1CC2(CCN(Cc3cccc(OCc4ccccc4)c3)CC2)C1. The van der Waals surface area contributed by atoms with E-state index in [9.17, 15) is 4.79 Å². The first kappa shape index (κ1) is 22.7. The molecule has 5 heteroatoms. The molecule has 0 atom stereocenters. The number of alkyl carbamates (subject to hydrolysis) is 1. The molecule has 2 fully saturated rings. The van der Waals surface area contributed by atoms with Gasteiger partial charge in [0.1, 0.15) is 18.0 Å². The summed E-state index contributed by atoms with van der Waals surface area (Å²) in [6, 6.07) is 19.0. The molecule has 0 aromatic heterocycles. The number of nitrogens with one attached hydrogen (secondary N) is 1. The predicted molar refractivity (Wildman–Crippen MR) is 127 cm³/mol. The second kappa shape index (κ2) is 9.53. The van der Waals surface area contributed by atoms with E-state index in [0.29, 0.717) is 12.0 Å². The number of piperidine rings is 1. The molecular weight excluding hydrogens is 400 g/mol. The molecule has 2 aromatic carbocycles. The van der Waals surface area contributed by atoms with E-state index in [1.165, 1.54) is 24.0 Å². The molecule has 0 bridgehead atoms. The third-order valence-electron chi connectivity index (χ3n) is 6.55. The van der Waals surface area contributed by atoms with E-state index in [1.54, 1.807) is 0 Å². The van der Waals surface area contributed by atoms with Gasteiger partial charge in [-0.15, -0.1) is 0 Å². The Bertz CT molecular complexity index is 891. The highest BCUT2D eigenvalue weighted by atomic mass is 16.6. The molecule has 32 heavy (non-hydrogen) atoms. The van der Waals surface area contributed by atoms with Crippen molar-refractivity contribution in [2.75, 3.05) is 13.1 Å². The Hall–Kier alpha value is -2.53. The first-order chi connectivity index (χ1) is 15.3. The van der Waals surface area contributed by atoms with Crippen molar-refractivity contribution in [1.29, 1.82) is 0 Å². The van der Waals surface area contributed by atoms with Crippen molar-refractivity contribution >= 4 is 6.09 Å². The summed E-state index contributed by atoms with van der Waals surface area (Å²) in [5.74, 6) is 0.926. The van der Waals surface area contributed by atoms with Gasteiger partial charge in [0.15, 0.2) is 0 Å². The number of hydrogen-bond donors (Lipinski definition) is 1. The van der Waals surface area contributed by atoms with Gasteiger partial charge < -0.3 is 14.8 Å². The summed E-state index contributed by atoms with van der Waals surface area (Å²) in [7, 11) is 0. The maximum atomic E-state index is 12.0. The Labute approximate surface area is 192 Å². The van der Waals surface area contributed by atoms with Crippen LogP contribution in [0.2, 0.25) is 0 Å². The molecule has 1 amide bonds. The zero-order chi connectivity index (χ0) is 22.6. The highest BCUT2D eigenvalue weighted by molar-refractivity contribution is 5.68. The summed E-state index contributed by atoms with van der Waals surface area (Å²) in [6.07, 6.45) is 4.25.